The Labute approximate surface area is 85.8 Å². The zero-order valence-corrected chi connectivity index (χ0v) is 9.19. The lowest BCUT2D eigenvalue weighted by Gasteiger charge is -2.25. The van der Waals surface area contributed by atoms with Crippen molar-refractivity contribution in [2.45, 2.75) is 44.6 Å². The molecule has 1 saturated carbocycles. The Morgan fingerprint density at radius 2 is 1.85 bits per heavy atom. The molecule has 76 valence electrons. The SMILES string of the molecule is NC1CCCC1CC1CCSCC1. The average molecular weight is 199 g/mol. The zero-order valence-electron chi connectivity index (χ0n) is 8.37. The predicted octanol–water partition coefficient (Wildman–Crippen LogP) is 2.65. The molecule has 0 radical (unpaired) electrons. The topological polar surface area (TPSA) is 26.0 Å². The van der Waals surface area contributed by atoms with Gasteiger partial charge in [0.1, 0.15) is 0 Å². The van der Waals surface area contributed by atoms with Crippen LogP contribution in [-0.4, -0.2) is 17.5 Å². The van der Waals surface area contributed by atoms with Gasteiger partial charge in [0, 0.05) is 6.04 Å². The highest BCUT2D eigenvalue weighted by atomic mass is 32.2. The molecule has 0 spiro atoms. The van der Waals surface area contributed by atoms with Gasteiger partial charge in [0.25, 0.3) is 0 Å². The summed E-state index contributed by atoms with van der Waals surface area (Å²) in [6, 6.07) is 0.537. The Hall–Kier alpha value is 0.310. The summed E-state index contributed by atoms with van der Waals surface area (Å²) < 4.78 is 0. The van der Waals surface area contributed by atoms with Gasteiger partial charge >= 0.3 is 0 Å². The summed E-state index contributed by atoms with van der Waals surface area (Å²) in [5.41, 5.74) is 6.09. The largest absolute Gasteiger partial charge is 0.327 e. The van der Waals surface area contributed by atoms with E-state index in [1.165, 1.54) is 50.0 Å². The van der Waals surface area contributed by atoms with Crippen LogP contribution >= 0.6 is 11.8 Å². The monoisotopic (exact) mass is 199 g/mol. The van der Waals surface area contributed by atoms with E-state index < -0.39 is 0 Å². The number of thioether (sulfide) groups is 1. The summed E-state index contributed by atoms with van der Waals surface area (Å²) >= 11 is 2.13. The fraction of sp³-hybridized carbons (Fsp3) is 1.00. The minimum absolute atomic E-state index is 0.537. The van der Waals surface area contributed by atoms with Crippen LogP contribution in [0.15, 0.2) is 0 Å². The third-order valence-electron chi connectivity index (χ3n) is 3.69. The molecule has 2 rings (SSSR count). The van der Waals surface area contributed by atoms with Crippen LogP contribution in [0, 0.1) is 11.8 Å². The van der Waals surface area contributed by atoms with Gasteiger partial charge in [-0.25, -0.2) is 0 Å². The summed E-state index contributed by atoms with van der Waals surface area (Å²) in [7, 11) is 0. The van der Waals surface area contributed by atoms with E-state index in [4.69, 9.17) is 5.73 Å². The first-order valence-electron chi connectivity index (χ1n) is 5.69. The van der Waals surface area contributed by atoms with Crippen LogP contribution < -0.4 is 5.73 Å². The molecule has 2 unspecified atom stereocenters. The minimum atomic E-state index is 0.537. The van der Waals surface area contributed by atoms with Gasteiger partial charge in [-0.05, 0) is 55.4 Å². The summed E-state index contributed by atoms with van der Waals surface area (Å²) in [5, 5.41) is 0. The van der Waals surface area contributed by atoms with Crippen LogP contribution in [0.3, 0.4) is 0 Å². The molecule has 0 aromatic heterocycles. The fourth-order valence-electron chi connectivity index (χ4n) is 2.77. The molecule has 0 aromatic carbocycles. The third kappa shape index (κ3) is 2.63. The lowest BCUT2D eigenvalue weighted by Crippen LogP contribution is -2.27. The Bertz CT molecular complexity index is 154. The molecule has 13 heavy (non-hydrogen) atoms. The molecule has 2 N–H and O–H groups in total. The molecule has 2 atom stereocenters. The molecule has 0 aromatic rings. The van der Waals surface area contributed by atoms with Crippen molar-refractivity contribution in [1.29, 1.82) is 0 Å². The molecule has 1 saturated heterocycles. The van der Waals surface area contributed by atoms with E-state index in [2.05, 4.69) is 11.8 Å². The molecule has 1 aliphatic heterocycles. The number of hydrogen-bond donors (Lipinski definition) is 1. The van der Waals surface area contributed by atoms with Crippen molar-refractivity contribution in [3.63, 3.8) is 0 Å². The van der Waals surface area contributed by atoms with Crippen LogP contribution in [0.1, 0.15) is 38.5 Å². The van der Waals surface area contributed by atoms with E-state index in [-0.39, 0.29) is 0 Å². The van der Waals surface area contributed by atoms with Gasteiger partial charge in [0.2, 0.25) is 0 Å². The molecule has 2 aliphatic rings. The van der Waals surface area contributed by atoms with Crippen molar-refractivity contribution >= 4 is 11.8 Å². The van der Waals surface area contributed by atoms with Gasteiger partial charge < -0.3 is 5.73 Å². The van der Waals surface area contributed by atoms with Gasteiger partial charge in [-0.15, -0.1) is 0 Å². The quantitative estimate of drug-likeness (QED) is 0.740. The van der Waals surface area contributed by atoms with Gasteiger partial charge in [-0.1, -0.05) is 6.42 Å². The van der Waals surface area contributed by atoms with Gasteiger partial charge in [0.15, 0.2) is 0 Å². The van der Waals surface area contributed by atoms with E-state index in [1.54, 1.807) is 0 Å². The fourth-order valence-corrected chi connectivity index (χ4v) is 3.97. The van der Waals surface area contributed by atoms with Crippen molar-refractivity contribution in [2.24, 2.45) is 17.6 Å². The molecular formula is C11H21NS. The number of nitrogens with two attached hydrogens (primary N) is 1. The van der Waals surface area contributed by atoms with Crippen molar-refractivity contribution in [3.8, 4) is 0 Å². The van der Waals surface area contributed by atoms with E-state index in [0.717, 1.165) is 11.8 Å². The van der Waals surface area contributed by atoms with Crippen LogP contribution in [0.4, 0.5) is 0 Å². The Morgan fingerprint density at radius 1 is 1.08 bits per heavy atom. The van der Waals surface area contributed by atoms with Gasteiger partial charge in [-0.2, -0.15) is 11.8 Å². The Morgan fingerprint density at radius 3 is 2.46 bits per heavy atom. The first-order valence-corrected chi connectivity index (χ1v) is 6.85. The first kappa shape index (κ1) is 9.85. The van der Waals surface area contributed by atoms with Crippen molar-refractivity contribution in [2.75, 3.05) is 11.5 Å². The molecule has 1 aliphatic carbocycles. The standard InChI is InChI=1S/C11H21NS/c12-11-3-1-2-10(11)8-9-4-6-13-7-5-9/h9-11H,1-8,12H2. The first-order chi connectivity index (χ1) is 6.36. The second-order valence-corrected chi connectivity index (χ2v) is 5.87. The Kier molecular flexibility index (Phi) is 3.56. The number of hydrogen-bond acceptors (Lipinski definition) is 2. The summed E-state index contributed by atoms with van der Waals surface area (Å²) in [6.07, 6.45) is 8.41. The molecule has 1 nitrogen and oxygen atoms in total. The highest BCUT2D eigenvalue weighted by Crippen LogP contribution is 2.34. The van der Waals surface area contributed by atoms with Crippen molar-refractivity contribution < 1.29 is 0 Å². The molecule has 0 amide bonds. The average Bonchev–Trinajstić information content (AvgIpc) is 2.54. The summed E-state index contributed by atoms with van der Waals surface area (Å²) in [4.78, 5) is 0. The van der Waals surface area contributed by atoms with Gasteiger partial charge in [0.05, 0.1) is 0 Å². The minimum Gasteiger partial charge on any atom is -0.327 e. The highest BCUT2D eigenvalue weighted by molar-refractivity contribution is 7.99. The Balaban J connectivity index is 1.75. The van der Waals surface area contributed by atoms with Crippen molar-refractivity contribution in [1.82, 2.24) is 0 Å². The number of rotatable bonds is 2. The molecule has 2 fully saturated rings. The molecule has 0 bridgehead atoms. The lowest BCUT2D eigenvalue weighted by molar-refractivity contribution is 0.334. The maximum atomic E-state index is 6.09. The van der Waals surface area contributed by atoms with E-state index in [1.807, 2.05) is 0 Å². The lowest BCUT2D eigenvalue weighted by atomic mass is 9.88. The zero-order chi connectivity index (χ0) is 9.10. The van der Waals surface area contributed by atoms with Crippen LogP contribution in [-0.2, 0) is 0 Å². The van der Waals surface area contributed by atoms with Crippen molar-refractivity contribution in [3.05, 3.63) is 0 Å². The normalized spacial score (nSPS) is 36.7. The molecular weight excluding hydrogens is 178 g/mol. The van der Waals surface area contributed by atoms with Crippen LogP contribution in [0.2, 0.25) is 0 Å². The smallest absolute Gasteiger partial charge is 0.00672 e. The van der Waals surface area contributed by atoms with E-state index in [9.17, 15) is 0 Å². The molecule has 1 heterocycles. The van der Waals surface area contributed by atoms with Crippen LogP contribution in [0.5, 0.6) is 0 Å². The van der Waals surface area contributed by atoms with E-state index in [0.29, 0.717) is 6.04 Å². The maximum Gasteiger partial charge on any atom is 0.00672 e. The maximum absolute atomic E-state index is 6.09. The molecule has 2 heteroatoms. The predicted molar refractivity (Wildman–Crippen MR) is 60.0 cm³/mol. The second kappa shape index (κ2) is 4.70. The second-order valence-electron chi connectivity index (χ2n) is 4.65. The summed E-state index contributed by atoms with van der Waals surface area (Å²) in [5.74, 6) is 4.67. The summed E-state index contributed by atoms with van der Waals surface area (Å²) in [6.45, 7) is 0. The van der Waals surface area contributed by atoms with Crippen LogP contribution in [0.25, 0.3) is 0 Å². The van der Waals surface area contributed by atoms with E-state index >= 15 is 0 Å². The van der Waals surface area contributed by atoms with Gasteiger partial charge in [-0.3, -0.25) is 0 Å². The highest BCUT2D eigenvalue weighted by Gasteiger charge is 2.27. The third-order valence-corrected chi connectivity index (χ3v) is 4.74.